The normalized spacial score (nSPS) is 50.8. The van der Waals surface area contributed by atoms with Crippen molar-refractivity contribution < 1.29 is 9.90 Å². The van der Waals surface area contributed by atoms with Crippen molar-refractivity contribution in [2.24, 2.45) is 28.9 Å². The minimum Gasteiger partial charge on any atom is -0.390 e. The van der Waals surface area contributed by atoms with Crippen molar-refractivity contribution in [2.75, 3.05) is 0 Å². The molecule has 0 aromatic rings. The van der Waals surface area contributed by atoms with Crippen LogP contribution in [0.25, 0.3) is 0 Å². The van der Waals surface area contributed by atoms with Crippen molar-refractivity contribution in [3.8, 4) is 6.07 Å². The second-order valence-electron chi connectivity index (χ2n) is 9.37. The Kier molecular flexibility index (Phi) is 3.54. The molecular formula is C19H29N3O2. The molecule has 0 aromatic carbocycles. The third kappa shape index (κ3) is 2.23. The number of nitrogens with zero attached hydrogens (tertiary/aromatic N) is 2. The summed E-state index contributed by atoms with van der Waals surface area (Å²) in [6.07, 6.45) is 6.27. The van der Waals surface area contributed by atoms with Gasteiger partial charge in [-0.3, -0.25) is 4.79 Å². The van der Waals surface area contributed by atoms with Crippen LogP contribution in [-0.4, -0.2) is 39.6 Å². The Morgan fingerprint density at radius 2 is 1.88 bits per heavy atom. The Morgan fingerprint density at radius 1 is 1.25 bits per heavy atom. The lowest BCUT2D eigenvalue weighted by Crippen LogP contribution is -2.65. The molecule has 24 heavy (non-hydrogen) atoms. The first-order chi connectivity index (χ1) is 11.3. The molecule has 1 saturated heterocycles. The molecule has 3 N–H and O–H groups in total. The number of hydrogen-bond acceptors (Lipinski definition) is 4. The molecule has 5 heteroatoms. The number of nitrogens with two attached hydrogens (primary N) is 1. The fourth-order valence-corrected chi connectivity index (χ4v) is 6.76. The number of carbonyl (C=O) groups excluding carboxylic acids is 1. The Hall–Kier alpha value is -1.12. The van der Waals surface area contributed by atoms with Crippen LogP contribution in [0.15, 0.2) is 0 Å². The SMILES string of the molecule is CC1C[C@@H](C#N)N(C(=O)C(N)C23CC4CC(CC(O)(C4)C2)C3)[C@H]1C. The molecule has 4 aliphatic carbocycles. The lowest BCUT2D eigenvalue weighted by molar-refractivity contribution is -0.177. The smallest absolute Gasteiger partial charge is 0.241 e. The van der Waals surface area contributed by atoms with E-state index in [1.54, 1.807) is 4.90 Å². The van der Waals surface area contributed by atoms with Gasteiger partial charge in [0.25, 0.3) is 0 Å². The van der Waals surface area contributed by atoms with Crippen LogP contribution in [0.4, 0.5) is 0 Å². The maximum absolute atomic E-state index is 13.3. The van der Waals surface area contributed by atoms with Crippen LogP contribution in [0.2, 0.25) is 0 Å². The zero-order valence-electron chi connectivity index (χ0n) is 14.7. The molecule has 5 fully saturated rings. The first kappa shape index (κ1) is 16.4. The van der Waals surface area contributed by atoms with Crippen LogP contribution in [0.3, 0.4) is 0 Å². The van der Waals surface area contributed by atoms with E-state index in [-0.39, 0.29) is 23.4 Å². The molecule has 0 aromatic heterocycles. The van der Waals surface area contributed by atoms with Gasteiger partial charge in [0.15, 0.2) is 0 Å². The summed E-state index contributed by atoms with van der Waals surface area (Å²) in [5, 5.41) is 20.4. The quantitative estimate of drug-likeness (QED) is 0.807. The average molecular weight is 331 g/mol. The van der Waals surface area contributed by atoms with Crippen molar-refractivity contribution >= 4 is 5.91 Å². The van der Waals surface area contributed by atoms with Gasteiger partial charge in [-0.05, 0) is 75.0 Å². The molecule has 4 unspecified atom stereocenters. The summed E-state index contributed by atoms with van der Waals surface area (Å²) >= 11 is 0. The van der Waals surface area contributed by atoms with Gasteiger partial charge in [-0.25, -0.2) is 0 Å². The predicted octanol–water partition coefficient (Wildman–Crippen LogP) is 1.79. The van der Waals surface area contributed by atoms with Crippen LogP contribution in [-0.2, 0) is 4.79 Å². The van der Waals surface area contributed by atoms with E-state index in [2.05, 4.69) is 13.0 Å². The van der Waals surface area contributed by atoms with Crippen molar-refractivity contribution in [3.63, 3.8) is 0 Å². The summed E-state index contributed by atoms with van der Waals surface area (Å²) in [4.78, 5) is 15.0. The summed E-state index contributed by atoms with van der Waals surface area (Å²) in [6, 6.07) is 1.41. The van der Waals surface area contributed by atoms with E-state index < -0.39 is 11.6 Å². The third-order valence-corrected chi connectivity index (χ3v) is 7.60. The molecule has 132 valence electrons. The Balaban J connectivity index is 1.61. The molecule has 5 rings (SSSR count). The first-order valence-corrected chi connectivity index (χ1v) is 9.47. The van der Waals surface area contributed by atoms with E-state index in [1.807, 2.05) is 6.92 Å². The van der Waals surface area contributed by atoms with Crippen molar-refractivity contribution in [3.05, 3.63) is 0 Å². The highest BCUT2D eigenvalue weighted by molar-refractivity contribution is 5.84. The number of rotatable bonds is 2. The molecule has 1 amide bonds. The molecule has 1 heterocycles. The van der Waals surface area contributed by atoms with Crippen molar-refractivity contribution in [1.82, 2.24) is 4.90 Å². The molecular weight excluding hydrogens is 302 g/mol. The minimum atomic E-state index is -0.611. The highest BCUT2D eigenvalue weighted by atomic mass is 16.3. The van der Waals surface area contributed by atoms with E-state index in [9.17, 15) is 15.2 Å². The van der Waals surface area contributed by atoms with Crippen LogP contribution in [0.1, 0.15) is 58.8 Å². The number of nitriles is 1. The van der Waals surface area contributed by atoms with Crippen LogP contribution >= 0.6 is 0 Å². The van der Waals surface area contributed by atoms with Gasteiger partial charge in [0.05, 0.1) is 17.7 Å². The fourth-order valence-electron chi connectivity index (χ4n) is 6.76. The van der Waals surface area contributed by atoms with Gasteiger partial charge in [-0.2, -0.15) is 5.26 Å². The predicted molar refractivity (Wildman–Crippen MR) is 89.5 cm³/mol. The van der Waals surface area contributed by atoms with Gasteiger partial charge in [0.1, 0.15) is 6.04 Å². The lowest BCUT2D eigenvalue weighted by Gasteiger charge is -2.61. The van der Waals surface area contributed by atoms with Gasteiger partial charge < -0.3 is 15.7 Å². The molecule has 1 aliphatic heterocycles. The van der Waals surface area contributed by atoms with Crippen LogP contribution < -0.4 is 5.73 Å². The molecule has 6 atom stereocenters. The summed E-state index contributed by atoms with van der Waals surface area (Å²) < 4.78 is 0. The number of aliphatic hydroxyl groups is 1. The van der Waals surface area contributed by atoms with Gasteiger partial charge >= 0.3 is 0 Å². The standard InChI is InChI=1S/C19H29N3O2/c1-11-3-15(9-20)22(12(11)2)17(23)16(21)18-5-13-4-14(6-18)8-19(24,7-13)10-18/h11-16,24H,3-8,10,21H2,1-2H3/t11?,12-,13?,14?,15-,16?,18?,19?/m0/s1. The lowest BCUT2D eigenvalue weighted by atomic mass is 9.46. The van der Waals surface area contributed by atoms with E-state index in [4.69, 9.17) is 5.73 Å². The minimum absolute atomic E-state index is 0.0604. The Bertz CT molecular complexity index is 584. The fraction of sp³-hybridized carbons (Fsp3) is 0.895. The van der Waals surface area contributed by atoms with Gasteiger partial charge in [-0.15, -0.1) is 0 Å². The summed E-state index contributed by atoms with van der Waals surface area (Å²) in [7, 11) is 0. The van der Waals surface area contributed by atoms with Gasteiger partial charge in [-0.1, -0.05) is 6.92 Å². The van der Waals surface area contributed by atoms with E-state index in [1.165, 1.54) is 6.42 Å². The molecule has 4 bridgehead atoms. The number of amides is 1. The van der Waals surface area contributed by atoms with Gasteiger partial charge in [0.2, 0.25) is 5.91 Å². The summed E-state index contributed by atoms with van der Waals surface area (Å²) in [5.41, 5.74) is 5.69. The highest BCUT2D eigenvalue weighted by Crippen LogP contribution is 2.62. The monoisotopic (exact) mass is 331 g/mol. The zero-order valence-corrected chi connectivity index (χ0v) is 14.7. The second-order valence-corrected chi connectivity index (χ2v) is 9.37. The molecule has 4 saturated carbocycles. The van der Waals surface area contributed by atoms with Crippen LogP contribution in [0.5, 0.6) is 0 Å². The highest BCUT2D eigenvalue weighted by Gasteiger charge is 2.61. The Morgan fingerprint density at radius 3 is 2.42 bits per heavy atom. The van der Waals surface area contributed by atoms with Gasteiger partial charge in [0, 0.05) is 6.04 Å². The Labute approximate surface area is 144 Å². The number of carbonyl (C=O) groups is 1. The summed E-state index contributed by atoms with van der Waals surface area (Å²) in [6.45, 7) is 4.13. The second kappa shape index (κ2) is 5.19. The maximum Gasteiger partial charge on any atom is 0.241 e. The average Bonchev–Trinajstić information content (AvgIpc) is 2.78. The number of likely N-dealkylation sites (tertiary alicyclic amines) is 1. The summed E-state index contributed by atoms with van der Waals surface area (Å²) in [5.74, 6) is 1.28. The third-order valence-electron chi connectivity index (χ3n) is 7.60. The molecule has 0 radical (unpaired) electrons. The van der Waals surface area contributed by atoms with E-state index in [0.29, 0.717) is 24.2 Å². The topological polar surface area (TPSA) is 90.4 Å². The zero-order chi connectivity index (χ0) is 17.3. The largest absolute Gasteiger partial charge is 0.390 e. The first-order valence-electron chi connectivity index (χ1n) is 9.47. The van der Waals surface area contributed by atoms with Crippen molar-refractivity contribution in [2.45, 2.75) is 82.5 Å². The molecule has 5 nitrogen and oxygen atoms in total. The number of hydrogen-bond donors (Lipinski definition) is 2. The molecule has 0 spiro atoms. The van der Waals surface area contributed by atoms with Crippen LogP contribution in [0, 0.1) is 34.5 Å². The van der Waals surface area contributed by atoms with E-state index >= 15 is 0 Å². The molecule has 5 aliphatic rings. The maximum atomic E-state index is 13.3. The van der Waals surface area contributed by atoms with E-state index in [0.717, 1.165) is 32.1 Å². The van der Waals surface area contributed by atoms with Crippen molar-refractivity contribution in [1.29, 1.82) is 5.26 Å².